The van der Waals surface area contributed by atoms with Crippen LogP contribution in [0.25, 0.3) is 0 Å². The standard InChI is InChI=1S/C14H14Cl3NO3/c1-8-6-18(3-2-12(8)19)14(20)7-21-13-5-10(16)9(15)4-11(13)17/h4-5,8H,2-3,6-7H2,1H3/t8-/m1/s1. The van der Waals surface area contributed by atoms with Gasteiger partial charge in [-0.05, 0) is 6.07 Å². The summed E-state index contributed by atoms with van der Waals surface area (Å²) in [4.78, 5) is 25.1. The Balaban J connectivity index is 1.95. The molecule has 21 heavy (non-hydrogen) atoms. The molecule has 0 saturated carbocycles. The molecule has 2 rings (SSSR count). The molecule has 4 nitrogen and oxygen atoms in total. The highest BCUT2D eigenvalue weighted by Crippen LogP contribution is 2.33. The molecule has 1 aliphatic rings. The second kappa shape index (κ2) is 6.86. The van der Waals surface area contributed by atoms with Gasteiger partial charge in [0.05, 0.1) is 15.1 Å². The number of Topliss-reactive ketones (excluding diaryl/α,β-unsaturated/α-hetero) is 1. The summed E-state index contributed by atoms with van der Waals surface area (Å²) in [6.45, 7) is 2.52. The molecule has 0 unspecified atom stereocenters. The third-order valence-corrected chi connectivity index (χ3v) is 4.37. The summed E-state index contributed by atoms with van der Waals surface area (Å²) < 4.78 is 5.40. The van der Waals surface area contributed by atoms with Crippen molar-refractivity contribution in [3.05, 3.63) is 27.2 Å². The van der Waals surface area contributed by atoms with E-state index in [1.165, 1.54) is 12.1 Å². The molecule has 114 valence electrons. The molecular weight excluding hydrogens is 337 g/mol. The van der Waals surface area contributed by atoms with Crippen LogP contribution in [-0.4, -0.2) is 36.3 Å². The number of hydrogen-bond acceptors (Lipinski definition) is 3. The first-order chi connectivity index (χ1) is 9.88. The van der Waals surface area contributed by atoms with Gasteiger partial charge in [0.2, 0.25) is 0 Å². The monoisotopic (exact) mass is 349 g/mol. The maximum atomic E-state index is 12.1. The van der Waals surface area contributed by atoms with E-state index in [-0.39, 0.29) is 24.2 Å². The summed E-state index contributed by atoms with van der Waals surface area (Å²) in [5, 5.41) is 0.920. The first kappa shape index (κ1) is 16.4. The molecule has 0 spiro atoms. The van der Waals surface area contributed by atoms with Crippen molar-refractivity contribution in [2.24, 2.45) is 5.92 Å². The molecule has 1 fully saturated rings. The Labute approximate surface area is 137 Å². The summed E-state index contributed by atoms with van der Waals surface area (Å²) in [6, 6.07) is 2.94. The molecule has 1 heterocycles. The van der Waals surface area contributed by atoms with E-state index in [9.17, 15) is 9.59 Å². The molecule has 1 aromatic carbocycles. The van der Waals surface area contributed by atoms with Gasteiger partial charge in [0, 0.05) is 31.5 Å². The van der Waals surface area contributed by atoms with Crippen molar-refractivity contribution < 1.29 is 14.3 Å². The highest BCUT2D eigenvalue weighted by Gasteiger charge is 2.26. The van der Waals surface area contributed by atoms with Gasteiger partial charge in [-0.25, -0.2) is 0 Å². The van der Waals surface area contributed by atoms with Crippen LogP contribution in [0, 0.1) is 5.92 Å². The summed E-state index contributed by atoms with van der Waals surface area (Å²) in [5.74, 6) is 0.181. The molecule has 0 aliphatic carbocycles. The lowest BCUT2D eigenvalue weighted by Gasteiger charge is -2.30. The molecule has 0 aromatic heterocycles. The highest BCUT2D eigenvalue weighted by atomic mass is 35.5. The summed E-state index contributed by atoms with van der Waals surface area (Å²) in [5.41, 5.74) is 0. The Morgan fingerprint density at radius 2 is 1.95 bits per heavy atom. The van der Waals surface area contributed by atoms with E-state index in [1.807, 2.05) is 6.92 Å². The van der Waals surface area contributed by atoms with Crippen LogP contribution in [0.5, 0.6) is 5.75 Å². The van der Waals surface area contributed by atoms with Crippen LogP contribution in [0.4, 0.5) is 0 Å². The number of carbonyl (C=O) groups is 2. The van der Waals surface area contributed by atoms with Crippen molar-refractivity contribution in [3.63, 3.8) is 0 Å². The number of nitrogens with zero attached hydrogens (tertiary/aromatic N) is 1. The normalized spacial score (nSPS) is 18.8. The predicted molar refractivity (Wildman–Crippen MR) is 82.3 cm³/mol. The van der Waals surface area contributed by atoms with Crippen molar-refractivity contribution in [2.45, 2.75) is 13.3 Å². The molecule has 0 bridgehead atoms. The van der Waals surface area contributed by atoms with E-state index in [0.29, 0.717) is 40.3 Å². The van der Waals surface area contributed by atoms with Crippen LogP contribution >= 0.6 is 34.8 Å². The Bertz CT molecular complexity index is 577. The molecule has 1 amide bonds. The Kier molecular flexibility index (Phi) is 5.36. The molecule has 1 saturated heterocycles. The zero-order valence-corrected chi connectivity index (χ0v) is 13.6. The van der Waals surface area contributed by atoms with E-state index in [4.69, 9.17) is 39.5 Å². The van der Waals surface area contributed by atoms with Gasteiger partial charge < -0.3 is 9.64 Å². The lowest BCUT2D eigenvalue weighted by molar-refractivity contribution is -0.138. The number of ketones is 1. The number of halogens is 3. The minimum Gasteiger partial charge on any atom is -0.482 e. The topological polar surface area (TPSA) is 46.6 Å². The number of ether oxygens (including phenoxy) is 1. The van der Waals surface area contributed by atoms with E-state index in [2.05, 4.69) is 0 Å². The summed E-state index contributed by atoms with van der Waals surface area (Å²) in [7, 11) is 0. The SMILES string of the molecule is C[C@@H]1CN(C(=O)COc2cc(Cl)c(Cl)cc2Cl)CCC1=O. The second-order valence-corrected chi connectivity index (χ2v) is 6.16. The Morgan fingerprint density at radius 1 is 1.29 bits per heavy atom. The Hall–Kier alpha value is -0.970. The minimum atomic E-state index is -0.184. The summed E-state index contributed by atoms with van der Waals surface area (Å²) in [6.07, 6.45) is 0.389. The average Bonchev–Trinajstić information content (AvgIpc) is 2.44. The number of amides is 1. The maximum Gasteiger partial charge on any atom is 0.260 e. The molecule has 0 N–H and O–H groups in total. The van der Waals surface area contributed by atoms with E-state index < -0.39 is 0 Å². The predicted octanol–water partition coefficient (Wildman–Crippen LogP) is 3.46. The number of carbonyl (C=O) groups excluding carboxylic acids is 2. The van der Waals surface area contributed by atoms with E-state index in [1.54, 1.807) is 4.90 Å². The van der Waals surface area contributed by atoms with Crippen molar-refractivity contribution in [1.29, 1.82) is 0 Å². The van der Waals surface area contributed by atoms with Crippen molar-refractivity contribution in [2.75, 3.05) is 19.7 Å². The second-order valence-electron chi connectivity index (χ2n) is 4.94. The zero-order chi connectivity index (χ0) is 15.6. The van der Waals surface area contributed by atoms with Gasteiger partial charge in [-0.15, -0.1) is 0 Å². The van der Waals surface area contributed by atoms with Crippen molar-refractivity contribution in [3.8, 4) is 5.75 Å². The van der Waals surface area contributed by atoms with Crippen LogP contribution < -0.4 is 4.74 Å². The highest BCUT2D eigenvalue weighted by molar-refractivity contribution is 6.43. The molecule has 1 aliphatic heterocycles. The van der Waals surface area contributed by atoms with Gasteiger partial charge >= 0.3 is 0 Å². The fourth-order valence-electron chi connectivity index (χ4n) is 2.09. The van der Waals surface area contributed by atoms with Crippen LogP contribution in [0.2, 0.25) is 15.1 Å². The van der Waals surface area contributed by atoms with Crippen LogP contribution in [-0.2, 0) is 9.59 Å². The lowest BCUT2D eigenvalue weighted by atomic mass is 9.99. The molecule has 7 heteroatoms. The average molecular weight is 351 g/mol. The largest absolute Gasteiger partial charge is 0.482 e. The number of piperidine rings is 1. The smallest absolute Gasteiger partial charge is 0.260 e. The van der Waals surface area contributed by atoms with Gasteiger partial charge in [-0.3, -0.25) is 9.59 Å². The molecule has 0 radical (unpaired) electrons. The van der Waals surface area contributed by atoms with E-state index >= 15 is 0 Å². The Morgan fingerprint density at radius 3 is 2.62 bits per heavy atom. The van der Waals surface area contributed by atoms with Crippen molar-refractivity contribution in [1.82, 2.24) is 4.90 Å². The number of hydrogen-bond donors (Lipinski definition) is 0. The fourth-order valence-corrected chi connectivity index (χ4v) is 2.68. The van der Waals surface area contributed by atoms with Crippen LogP contribution in [0.3, 0.4) is 0 Å². The van der Waals surface area contributed by atoms with Gasteiger partial charge in [0.15, 0.2) is 6.61 Å². The minimum absolute atomic E-state index is 0.128. The van der Waals surface area contributed by atoms with Gasteiger partial charge in [-0.2, -0.15) is 0 Å². The first-order valence-corrected chi connectivity index (χ1v) is 7.59. The third kappa shape index (κ3) is 4.02. The van der Waals surface area contributed by atoms with Gasteiger partial charge in [0.1, 0.15) is 11.5 Å². The number of likely N-dealkylation sites (tertiary alicyclic amines) is 1. The maximum absolute atomic E-state index is 12.1. The molecule has 1 atom stereocenters. The van der Waals surface area contributed by atoms with Gasteiger partial charge in [-0.1, -0.05) is 41.7 Å². The third-order valence-electron chi connectivity index (χ3n) is 3.35. The summed E-state index contributed by atoms with van der Waals surface area (Å²) >= 11 is 17.7. The lowest BCUT2D eigenvalue weighted by Crippen LogP contribution is -2.45. The van der Waals surface area contributed by atoms with Crippen molar-refractivity contribution >= 4 is 46.5 Å². The zero-order valence-electron chi connectivity index (χ0n) is 11.4. The molecular formula is C14H14Cl3NO3. The quantitative estimate of drug-likeness (QED) is 0.784. The molecule has 1 aromatic rings. The number of rotatable bonds is 3. The van der Waals surface area contributed by atoms with Crippen LogP contribution in [0.15, 0.2) is 12.1 Å². The fraction of sp³-hybridized carbons (Fsp3) is 0.429. The van der Waals surface area contributed by atoms with Gasteiger partial charge in [0.25, 0.3) is 5.91 Å². The number of benzene rings is 1. The van der Waals surface area contributed by atoms with Crippen LogP contribution in [0.1, 0.15) is 13.3 Å². The van der Waals surface area contributed by atoms with E-state index in [0.717, 1.165) is 0 Å². The first-order valence-electron chi connectivity index (χ1n) is 6.46.